The average molecular weight is 795 g/mol. The number of ether oxygens (including phenoxy) is 3. The van der Waals surface area contributed by atoms with E-state index in [0.717, 1.165) is 30.8 Å². The maximum atomic E-state index is 14.7. The van der Waals surface area contributed by atoms with Crippen LogP contribution in [0.3, 0.4) is 0 Å². The standard InChI is InChI=1S/C41H51ClN4O8S/c1-8-23-18-41(23,38(50)51)19-31(47)30-15-25(20-46(30)37(49)27(40(4,5)6)16-34(48)54-24-11-9-10-12-24)53-33-17-28(29-21-55-39(45-29)43-22(2)3)44-36-26(33)13-14-32(52-7)35(36)42/h8,13-14,17,21-25,27,30H,1,9-12,15-16,18-20H2,2-7H3,(H,43,45)(H,50,51)/t23-,25-,27-,30+,41-/m1/s1. The van der Waals surface area contributed by atoms with Gasteiger partial charge in [-0.25, -0.2) is 9.97 Å². The number of thiazole rings is 1. The van der Waals surface area contributed by atoms with Crippen LogP contribution in [-0.2, 0) is 23.9 Å². The normalized spacial score (nSPS) is 23.1. The number of hydrogen-bond donors (Lipinski definition) is 2. The van der Waals surface area contributed by atoms with Gasteiger partial charge in [-0.15, -0.1) is 17.9 Å². The van der Waals surface area contributed by atoms with E-state index < -0.39 is 40.8 Å². The quantitative estimate of drug-likeness (QED) is 0.114. The number of pyridine rings is 1. The fraction of sp³-hybridized carbons (Fsp3) is 0.561. The van der Waals surface area contributed by atoms with Gasteiger partial charge in [0, 0.05) is 35.7 Å². The lowest BCUT2D eigenvalue weighted by molar-refractivity contribution is -0.156. The molecule has 2 N–H and O–H groups in total. The van der Waals surface area contributed by atoms with Crippen molar-refractivity contribution in [1.82, 2.24) is 14.9 Å². The third-order valence-electron chi connectivity index (χ3n) is 11.1. The van der Waals surface area contributed by atoms with Gasteiger partial charge >= 0.3 is 11.9 Å². The summed E-state index contributed by atoms with van der Waals surface area (Å²) in [6, 6.07) is 4.49. The van der Waals surface area contributed by atoms with Crippen molar-refractivity contribution in [1.29, 1.82) is 0 Å². The highest BCUT2D eigenvalue weighted by Crippen LogP contribution is 2.57. The Labute approximate surface area is 331 Å². The van der Waals surface area contributed by atoms with Gasteiger partial charge in [-0.1, -0.05) is 38.4 Å². The van der Waals surface area contributed by atoms with Gasteiger partial charge in [0.25, 0.3) is 0 Å². The summed E-state index contributed by atoms with van der Waals surface area (Å²) in [5.74, 6) is -2.54. The maximum Gasteiger partial charge on any atom is 0.310 e. The van der Waals surface area contributed by atoms with Crippen LogP contribution in [-0.4, -0.2) is 81.5 Å². The molecule has 1 aliphatic heterocycles. The van der Waals surface area contributed by atoms with E-state index in [4.69, 9.17) is 35.8 Å². The number of carbonyl (C=O) groups is 4. The number of amides is 1. The summed E-state index contributed by atoms with van der Waals surface area (Å²) in [4.78, 5) is 65.7. The van der Waals surface area contributed by atoms with Crippen LogP contribution in [0.4, 0.5) is 5.13 Å². The molecule has 0 bridgehead atoms. The number of Topliss-reactive ketones (excluding diaryl/α,β-unsaturated/α-hetero) is 1. The van der Waals surface area contributed by atoms with Gasteiger partial charge in [0.1, 0.15) is 34.4 Å². The Hall–Kier alpha value is -4.23. The number of carboxylic acid groups (broad SMARTS) is 1. The first-order valence-electron chi connectivity index (χ1n) is 19.0. The Morgan fingerprint density at radius 1 is 1.13 bits per heavy atom. The third-order valence-corrected chi connectivity index (χ3v) is 12.2. The fourth-order valence-electron chi connectivity index (χ4n) is 7.88. The second-order valence-electron chi connectivity index (χ2n) is 16.5. The molecule has 55 heavy (non-hydrogen) atoms. The second kappa shape index (κ2) is 16.1. The molecule has 2 aliphatic carbocycles. The van der Waals surface area contributed by atoms with Gasteiger partial charge in [-0.3, -0.25) is 19.2 Å². The van der Waals surface area contributed by atoms with Crippen molar-refractivity contribution in [2.75, 3.05) is 19.0 Å². The number of rotatable bonds is 15. The molecule has 2 saturated carbocycles. The molecule has 2 aromatic heterocycles. The molecule has 3 aromatic rings. The number of methoxy groups -OCH3 is 1. The number of hydrogen-bond acceptors (Lipinski definition) is 11. The largest absolute Gasteiger partial charge is 0.495 e. The van der Waals surface area contributed by atoms with Gasteiger partial charge in [0.05, 0.1) is 48.7 Å². The summed E-state index contributed by atoms with van der Waals surface area (Å²) in [6.45, 7) is 13.5. The van der Waals surface area contributed by atoms with Crippen LogP contribution in [0, 0.1) is 22.7 Å². The van der Waals surface area contributed by atoms with Crippen LogP contribution in [0.25, 0.3) is 22.3 Å². The Morgan fingerprint density at radius 2 is 1.85 bits per heavy atom. The van der Waals surface area contributed by atoms with Gasteiger partial charge in [0.15, 0.2) is 10.9 Å². The molecule has 0 spiro atoms. The molecule has 0 radical (unpaired) electrons. The molecule has 5 atom stereocenters. The number of carbonyl (C=O) groups excluding carboxylic acids is 3. The topological polar surface area (TPSA) is 157 Å². The SMILES string of the molecule is C=C[C@@H]1C[C@]1(CC(=O)[C@@H]1C[C@@H](Oc2cc(-c3csc(NC(C)C)n3)nc3c(Cl)c(OC)ccc23)CN1C(=O)[C@@H](CC(=O)OC1CCCC1)C(C)(C)C)C(=O)O. The third kappa shape index (κ3) is 8.62. The fourth-order valence-corrected chi connectivity index (χ4v) is 9.01. The monoisotopic (exact) mass is 794 g/mol. The van der Waals surface area contributed by atoms with Crippen molar-refractivity contribution in [2.24, 2.45) is 22.7 Å². The van der Waals surface area contributed by atoms with Crippen molar-refractivity contribution in [3.8, 4) is 22.9 Å². The zero-order valence-corrected chi connectivity index (χ0v) is 33.9. The number of likely N-dealkylation sites (tertiary alicyclic amines) is 1. The molecule has 296 valence electrons. The maximum absolute atomic E-state index is 14.7. The molecule has 3 heterocycles. The number of ketones is 1. The number of aliphatic carboxylic acids is 1. The lowest BCUT2D eigenvalue weighted by atomic mass is 9.77. The molecular formula is C41H51ClN4O8S. The highest BCUT2D eigenvalue weighted by molar-refractivity contribution is 7.14. The number of fused-ring (bicyclic) bond motifs is 1. The van der Waals surface area contributed by atoms with Gasteiger partial charge in [-0.05, 0) is 69.4 Å². The number of aromatic nitrogens is 2. The van der Waals surface area contributed by atoms with Gasteiger partial charge in [0.2, 0.25) is 5.91 Å². The van der Waals surface area contributed by atoms with E-state index in [1.165, 1.54) is 23.3 Å². The molecule has 1 amide bonds. The van der Waals surface area contributed by atoms with E-state index in [-0.39, 0.29) is 60.6 Å². The van der Waals surface area contributed by atoms with Crippen molar-refractivity contribution in [2.45, 2.75) is 110 Å². The summed E-state index contributed by atoms with van der Waals surface area (Å²) in [5, 5.41) is 17.0. The van der Waals surface area contributed by atoms with E-state index in [1.54, 1.807) is 24.3 Å². The summed E-state index contributed by atoms with van der Waals surface area (Å²) in [6.07, 6.45) is 4.38. The Kier molecular flexibility index (Phi) is 11.8. The van der Waals surface area contributed by atoms with Crippen LogP contribution in [0.2, 0.25) is 5.02 Å². The number of carboxylic acids is 1. The van der Waals surface area contributed by atoms with Crippen LogP contribution < -0.4 is 14.8 Å². The van der Waals surface area contributed by atoms with Crippen molar-refractivity contribution in [3.05, 3.63) is 41.3 Å². The number of nitrogens with one attached hydrogen (secondary N) is 1. The lowest BCUT2D eigenvalue weighted by Gasteiger charge is -2.35. The summed E-state index contributed by atoms with van der Waals surface area (Å²) in [5.41, 5.74) is -0.379. The van der Waals surface area contributed by atoms with Crippen LogP contribution in [0.1, 0.15) is 86.0 Å². The smallest absolute Gasteiger partial charge is 0.310 e. The first kappa shape index (κ1) is 40.4. The molecule has 12 nitrogen and oxygen atoms in total. The molecule has 6 rings (SSSR count). The number of halogens is 1. The summed E-state index contributed by atoms with van der Waals surface area (Å²) in [7, 11) is 1.52. The highest BCUT2D eigenvalue weighted by Gasteiger charge is 2.61. The number of esters is 1. The molecule has 3 fully saturated rings. The van der Waals surface area contributed by atoms with E-state index in [1.807, 2.05) is 40.0 Å². The zero-order valence-electron chi connectivity index (χ0n) is 32.4. The molecule has 14 heteroatoms. The Morgan fingerprint density at radius 3 is 2.47 bits per heavy atom. The molecule has 3 aliphatic rings. The highest BCUT2D eigenvalue weighted by atomic mass is 35.5. The Balaban J connectivity index is 1.34. The molecule has 1 aromatic carbocycles. The lowest BCUT2D eigenvalue weighted by Crippen LogP contribution is -2.48. The van der Waals surface area contributed by atoms with Crippen molar-refractivity contribution < 1.29 is 38.5 Å². The summed E-state index contributed by atoms with van der Waals surface area (Å²) >= 11 is 8.26. The van der Waals surface area contributed by atoms with Crippen molar-refractivity contribution >= 4 is 62.6 Å². The zero-order chi connectivity index (χ0) is 39.8. The Bertz CT molecular complexity index is 1970. The predicted molar refractivity (Wildman–Crippen MR) is 212 cm³/mol. The average Bonchev–Trinajstić information content (AvgIpc) is 3.53. The first-order valence-corrected chi connectivity index (χ1v) is 20.2. The molecule has 0 unspecified atom stereocenters. The minimum Gasteiger partial charge on any atom is -0.495 e. The number of nitrogens with zero attached hydrogens (tertiary/aromatic N) is 3. The van der Waals surface area contributed by atoms with E-state index in [2.05, 4.69) is 11.9 Å². The van der Waals surface area contributed by atoms with E-state index >= 15 is 0 Å². The van der Waals surface area contributed by atoms with Gasteiger partial charge < -0.3 is 29.5 Å². The van der Waals surface area contributed by atoms with Crippen molar-refractivity contribution in [3.63, 3.8) is 0 Å². The van der Waals surface area contributed by atoms with Crippen LogP contribution >= 0.6 is 22.9 Å². The molecule has 1 saturated heterocycles. The van der Waals surface area contributed by atoms with Gasteiger partial charge in [-0.2, -0.15) is 0 Å². The van der Waals surface area contributed by atoms with E-state index in [0.29, 0.717) is 40.2 Å². The molecular weight excluding hydrogens is 744 g/mol. The predicted octanol–water partition coefficient (Wildman–Crippen LogP) is 7.96. The van der Waals surface area contributed by atoms with Crippen LogP contribution in [0.15, 0.2) is 36.2 Å². The number of allylic oxidation sites excluding steroid dienone is 1. The summed E-state index contributed by atoms with van der Waals surface area (Å²) < 4.78 is 18.0. The first-order chi connectivity index (χ1) is 26.0. The van der Waals surface area contributed by atoms with E-state index in [9.17, 15) is 24.3 Å². The van der Waals surface area contributed by atoms with Crippen LogP contribution in [0.5, 0.6) is 11.5 Å². The second-order valence-corrected chi connectivity index (χ2v) is 17.7. The minimum atomic E-state index is -1.26. The minimum absolute atomic E-state index is 0.0344. The number of anilines is 1. The number of benzene rings is 1.